The molecule has 1 aromatic carbocycles. The lowest BCUT2D eigenvalue weighted by Gasteiger charge is -2.30. The van der Waals surface area contributed by atoms with Crippen molar-refractivity contribution in [1.82, 2.24) is 14.3 Å². The number of rotatable bonds is 4. The molecule has 0 bridgehead atoms. The Morgan fingerprint density at radius 3 is 2.21 bits per heavy atom. The largest absolute Gasteiger partial charge is 0.460 e. The minimum absolute atomic E-state index is 0.105. The van der Waals surface area contributed by atoms with Gasteiger partial charge >= 0.3 is 6.01 Å². The van der Waals surface area contributed by atoms with Crippen LogP contribution in [0.25, 0.3) is 0 Å². The molecule has 0 aliphatic carbocycles. The van der Waals surface area contributed by atoms with Gasteiger partial charge in [-0.1, -0.05) is 6.07 Å². The summed E-state index contributed by atoms with van der Waals surface area (Å²) < 4.78 is 59.2. The molecule has 128 valence electrons. The summed E-state index contributed by atoms with van der Waals surface area (Å²) in [4.78, 5) is 6.99. The molecule has 0 spiro atoms. The van der Waals surface area contributed by atoms with E-state index in [1.807, 2.05) is 0 Å². The van der Waals surface area contributed by atoms with E-state index in [0.717, 1.165) is 22.5 Å². The summed E-state index contributed by atoms with van der Waals surface area (Å²) in [6, 6.07) is 4.87. The van der Waals surface area contributed by atoms with Gasteiger partial charge in [-0.25, -0.2) is 27.2 Å². The van der Waals surface area contributed by atoms with Crippen molar-refractivity contribution in [2.24, 2.45) is 0 Å². The van der Waals surface area contributed by atoms with Gasteiger partial charge in [0.1, 0.15) is 17.7 Å². The van der Waals surface area contributed by atoms with Gasteiger partial charge in [0, 0.05) is 25.5 Å². The summed E-state index contributed by atoms with van der Waals surface area (Å²) in [5, 5.41) is 0. The van der Waals surface area contributed by atoms with E-state index >= 15 is 0 Å². The van der Waals surface area contributed by atoms with Crippen molar-refractivity contribution in [3.05, 3.63) is 48.3 Å². The predicted molar refractivity (Wildman–Crippen MR) is 80.8 cm³/mol. The second-order valence-electron chi connectivity index (χ2n) is 5.30. The fourth-order valence-corrected chi connectivity index (χ4v) is 4.12. The molecule has 1 aliphatic heterocycles. The van der Waals surface area contributed by atoms with Crippen LogP contribution < -0.4 is 4.74 Å². The third-order valence-electron chi connectivity index (χ3n) is 3.73. The second-order valence-corrected chi connectivity index (χ2v) is 7.18. The molecule has 0 radical (unpaired) electrons. The molecule has 0 unspecified atom stereocenters. The van der Waals surface area contributed by atoms with E-state index in [-0.39, 0.29) is 25.2 Å². The lowest BCUT2D eigenvalue weighted by atomic mass is 10.1. The molecule has 24 heavy (non-hydrogen) atoms. The number of benzene rings is 1. The summed E-state index contributed by atoms with van der Waals surface area (Å²) in [6.07, 6.45) is 3.61. The zero-order chi connectivity index (χ0) is 17.2. The Morgan fingerprint density at radius 2 is 1.62 bits per heavy atom. The van der Waals surface area contributed by atoms with Gasteiger partial charge in [0.05, 0.1) is 0 Å². The first-order chi connectivity index (χ1) is 11.5. The van der Waals surface area contributed by atoms with Crippen molar-refractivity contribution < 1.29 is 21.9 Å². The van der Waals surface area contributed by atoms with Crippen molar-refractivity contribution in [3.63, 3.8) is 0 Å². The second kappa shape index (κ2) is 6.78. The zero-order valence-electron chi connectivity index (χ0n) is 12.6. The lowest BCUT2D eigenvalue weighted by molar-refractivity contribution is 0.124. The van der Waals surface area contributed by atoms with Gasteiger partial charge in [0.15, 0.2) is 4.90 Å². The average Bonchev–Trinajstić information content (AvgIpc) is 2.56. The molecule has 0 N–H and O–H groups in total. The van der Waals surface area contributed by atoms with E-state index < -0.39 is 26.6 Å². The Hall–Kier alpha value is -2.13. The van der Waals surface area contributed by atoms with Crippen molar-refractivity contribution in [3.8, 4) is 6.01 Å². The van der Waals surface area contributed by atoms with Crippen LogP contribution in [0.1, 0.15) is 12.8 Å². The van der Waals surface area contributed by atoms with Gasteiger partial charge < -0.3 is 4.74 Å². The number of halogens is 2. The van der Waals surface area contributed by atoms with Crippen molar-refractivity contribution in [2.75, 3.05) is 13.1 Å². The van der Waals surface area contributed by atoms with Crippen LogP contribution in [0.2, 0.25) is 0 Å². The smallest absolute Gasteiger partial charge is 0.316 e. The highest BCUT2D eigenvalue weighted by Crippen LogP contribution is 2.26. The first-order valence-corrected chi connectivity index (χ1v) is 8.80. The van der Waals surface area contributed by atoms with Gasteiger partial charge in [-0.3, -0.25) is 0 Å². The van der Waals surface area contributed by atoms with Crippen LogP contribution in [-0.2, 0) is 10.0 Å². The first kappa shape index (κ1) is 16.7. The molecule has 1 fully saturated rings. The SMILES string of the molecule is O=S(=O)(c1c(F)cccc1F)N1CCC(Oc2ncccn2)CC1. The fourth-order valence-electron chi connectivity index (χ4n) is 2.54. The summed E-state index contributed by atoms with van der Waals surface area (Å²) in [6.45, 7) is 0.210. The molecular weight excluding hydrogens is 340 g/mol. The van der Waals surface area contributed by atoms with E-state index in [4.69, 9.17) is 4.74 Å². The molecule has 1 saturated heterocycles. The van der Waals surface area contributed by atoms with Crippen molar-refractivity contribution in [2.45, 2.75) is 23.8 Å². The maximum absolute atomic E-state index is 13.8. The van der Waals surface area contributed by atoms with Crippen LogP contribution in [0.3, 0.4) is 0 Å². The Balaban J connectivity index is 1.70. The van der Waals surface area contributed by atoms with Crippen LogP contribution in [0.5, 0.6) is 6.01 Å². The van der Waals surface area contributed by atoms with Gasteiger partial charge in [0.25, 0.3) is 0 Å². The van der Waals surface area contributed by atoms with Crippen LogP contribution >= 0.6 is 0 Å². The Morgan fingerprint density at radius 1 is 1.04 bits per heavy atom. The lowest BCUT2D eigenvalue weighted by Crippen LogP contribution is -2.42. The minimum Gasteiger partial charge on any atom is -0.460 e. The zero-order valence-corrected chi connectivity index (χ0v) is 13.4. The number of ether oxygens (including phenoxy) is 1. The van der Waals surface area contributed by atoms with Crippen molar-refractivity contribution in [1.29, 1.82) is 0 Å². The van der Waals surface area contributed by atoms with Gasteiger partial charge in [-0.15, -0.1) is 0 Å². The van der Waals surface area contributed by atoms with Crippen molar-refractivity contribution >= 4 is 10.0 Å². The Labute approximate surface area is 138 Å². The van der Waals surface area contributed by atoms with Crippen LogP contribution in [-0.4, -0.2) is 41.9 Å². The van der Waals surface area contributed by atoms with Gasteiger partial charge in [-0.2, -0.15) is 4.31 Å². The topological polar surface area (TPSA) is 72.4 Å². The molecule has 2 aromatic rings. The van der Waals surface area contributed by atoms with Gasteiger partial charge in [-0.05, 0) is 31.0 Å². The number of hydrogen-bond donors (Lipinski definition) is 0. The van der Waals surface area contributed by atoms with Crippen LogP contribution in [0.4, 0.5) is 8.78 Å². The average molecular weight is 355 g/mol. The maximum Gasteiger partial charge on any atom is 0.316 e. The molecule has 1 aliphatic rings. The highest BCUT2D eigenvalue weighted by atomic mass is 32.2. The standard InChI is InChI=1S/C15H15F2N3O3S/c16-12-3-1-4-13(17)14(12)24(21,22)20-9-5-11(6-10-20)23-15-18-7-2-8-19-15/h1-4,7-8,11H,5-6,9-10H2. The first-order valence-electron chi connectivity index (χ1n) is 7.36. The van der Waals surface area contributed by atoms with E-state index in [0.29, 0.717) is 12.8 Å². The summed E-state index contributed by atoms with van der Waals surface area (Å²) in [5.41, 5.74) is 0. The molecule has 6 nitrogen and oxygen atoms in total. The number of piperidine rings is 1. The minimum atomic E-state index is -4.22. The number of hydrogen-bond acceptors (Lipinski definition) is 5. The van der Waals surface area contributed by atoms with Gasteiger partial charge in [0.2, 0.25) is 10.0 Å². The van der Waals surface area contributed by atoms with Crippen LogP contribution in [0, 0.1) is 11.6 Å². The molecular formula is C15H15F2N3O3S. The Bertz CT molecular complexity index is 790. The highest BCUT2D eigenvalue weighted by molar-refractivity contribution is 7.89. The predicted octanol–water partition coefficient (Wildman–Crippen LogP) is 1.99. The number of aromatic nitrogens is 2. The highest BCUT2D eigenvalue weighted by Gasteiger charge is 2.34. The monoisotopic (exact) mass is 355 g/mol. The molecule has 1 aromatic heterocycles. The van der Waals surface area contributed by atoms with E-state index in [1.54, 1.807) is 18.5 Å². The fraction of sp³-hybridized carbons (Fsp3) is 0.333. The van der Waals surface area contributed by atoms with Crippen LogP contribution in [0.15, 0.2) is 41.6 Å². The number of nitrogens with zero attached hydrogens (tertiary/aromatic N) is 3. The molecule has 2 heterocycles. The summed E-state index contributed by atoms with van der Waals surface area (Å²) in [7, 11) is -4.22. The van der Waals surface area contributed by atoms with E-state index in [9.17, 15) is 17.2 Å². The Kier molecular flexibility index (Phi) is 4.72. The third kappa shape index (κ3) is 3.36. The summed E-state index contributed by atoms with van der Waals surface area (Å²) in [5.74, 6) is -2.18. The molecule has 0 saturated carbocycles. The summed E-state index contributed by atoms with van der Waals surface area (Å²) >= 11 is 0. The third-order valence-corrected chi connectivity index (χ3v) is 5.68. The molecule has 9 heteroatoms. The quantitative estimate of drug-likeness (QED) is 0.839. The van der Waals surface area contributed by atoms with E-state index in [1.165, 1.54) is 0 Å². The van der Waals surface area contributed by atoms with E-state index in [2.05, 4.69) is 9.97 Å². The molecule has 0 atom stereocenters. The normalized spacial score (nSPS) is 16.9. The molecule has 3 rings (SSSR count). The molecule has 0 amide bonds. The maximum atomic E-state index is 13.8. The number of sulfonamides is 1.